The maximum Gasteiger partial charge on any atom is 0.249 e. The zero-order valence-electron chi connectivity index (χ0n) is 21.8. The molecule has 3 aromatic rings. The fourth-order valence-corrected chi connectivity index (χ4v) is 4.35. The lowest BCUT2D eigenvalue weighted by Gasteiger charge is -2.40. The van der Waals surface area contributed by atoms with Crippen LogP contribution in [-0.2, 0) is 16.1 Å². The van der Waals surface area contributed by atoms with Crippen molar-refractivity contribution >= 4 is 5.91 Å². The van der Waals surface area contributed by atoms with Gasteiger partial charge in [0.2, 0.25) is 5.91 Å². The van der Waals surface area contributed by atoms with Gasteiger partial charge in [0.1, 0.15) is 30.7 Å². The standard InChI is InChI=1S/C28H35F3N4O2/c1-28(2,3)26(35(25(36)18-37-4)13-12-22(32)15-29)27-33-24(19-8-6-5-7-9-19)17-34(27)16-20-14-21(30)10-11-23(20)31/h5-11,14,17,22,26H,12-13,15-16,18,32H2,1-4H3/t22-,26-/m0/s1. The maximum absolute atomic E-state index is 14.7. The molecule has 37 heavy (non-hydrogen) atoms. The number of imidazole rings is 1. The summed E-state index contributed by atoms with van der Waals surface area (Å²) in [6.45, 7) is 5.18. The Kier molecular flexibility index (Phi) is 9.50. The number of nitrogens with zero attached hydrogens (tertiary/aromatic N) is 3. The average Bonchev–Trinajstić information content (AvgIpc) is 3.26. The Morgan fingerprint density at radius 3 is 2.49 bits per heavy atom. The second kappa shape index (κ2) is 12.4. The lowest BCUT2D eigenvalue weighted by atomic mass is 9.84. The number of hydrogen-bond acceptors (Lipinski definition) is 4. The van der Waals surface area contributed by atoms with E-state index in [4.69, 9.17) is 15.5 Å². The Balaban J connectivity index is 2.17. The average molecular weight is 517 g/mol. The number of carbonyl (C=O) groups excluding carboxylic acids is 1. The number of halogens is 3. The van der Waals surface area contributed by atoms with Gasteiger partial charge in [-0.1, -0.05) is 51.1 Å². The molecule has 6 nitrogen and oxygen atoms in total. The highest BCUT2D eigenvalue weighted by Crippen LogP contribution is 2.39. The van der Waals surface area contributed by atoms with E-state index in [9.17, 15) is 18.0 Å². The van der Waals surface area contributed by atoms with Crippen molar-refractivity contribution in [2.24, 2.45) is 11.1 Å². The highest BCUT2D eigenvalue weighted by molar-refractivity contribution is 5.78. The van der Waals surface area contributed by atoms with Crippen LogP contribution >= 0.6 is 0 Å². The summed E-state index contributed by atoms with van der Waals surface area (Å²) in [5, 5.41) is 0. The molecule has 3 rings (SSSR count). The number of aromatic nitrogens is 2. The van der Waals surface area contributed by atoms with E-state index >= 15 is 0 Å². The van der Waals surface area contributed by atoms with Crippen molar-refractivity contribution in [3.63, 3.8) is 0 Å². The summed E-state index contributed by atoms with van der Waals surface area (Å²) in [5.41, 5.74) is 6.92. The molecule has 2 aromatic carbocycles. The van der Waals surface area contributed by atoms with E-state index in [0.717, 1.165) is 23.8 Å². The molecule has 1 heterocycles. The van der Waals surface area contributed by atoms with Gasteiger partial charge in [-0.3, -0.25) is 4.79 Å². The number of alkyl halides is 1. The van der Waals surface area contributed by atoms with Gasteiger partial charge in [-0.15, -0.1) is 0 Å². The summed E-state index contributed by atoms with van der Waals surface area (Å²) in [6.07, 6.45) is 2.02. The molecular weight excluding hydrogens is 481 g/mol. The van der Waals surface area contributed by atoms with E-state index in [1.807, 2.05) is 51.1 Å². The minimum atomic E-state index is -0.723. The van der Waals surface area contributed by atoms with Gasteiger partial charge in [0.15, 0.2) is 0 Å². The highest BCUT2D eigenvalue weighted by atomic mass is 19.1. The Morgan fingerprint density at radius 2 is 1.86 bits per heavy atom. The van der Waals surface area contributed by atoms with Crippen LogP contribution in [0.25, 0.3) is 11.3 Å². The lowest BCUT2D eigenvalue weighted by Crippen LogP contribution is -2.45. The van der Waals surface area contributed by atoms with Crippen LogP contribution in [0.2, 0.25) is 0 Å². The lowest BCUT2D eigenvalue weighted by molar-refractivity contribution is -0.140. The van der Waals surface area contributed by atoms with Gasteiger partial charge in [0.05, 0.1) is 18.3 Å². The largest absolute Gasteiger partial charge is 0.375 e. The molecule has 1 amide bonds. The smallest absolute Gasteiger partial charge is 0.249 e. The molecule has 1 aromatic heterocycles. The van der Waals surface area contributed by atoms with Crippen molar-refractivity contribution in [1.82, 2.24) is 14.5 Å². The number of nitrogens with two attached hydrogens (primary N) is 1. The number of hydrogen-bond donors (Lipinski definition) is 1. The molecule has 2 atom stereocenters. The molecule has 0 spiro atoms. The van der Waals surface area contributed by atoms with E-state index in [2.05, 4.69) is 0 Å². The number of methoxy groups -OCH3 is 1. The summed E-state index contributed by atoms with van der Waals surface area (Å²) < 4.78 is 48.7. The second-order valence-corrected chi connectivity index (χ2v) is 10.2. The molecule has 0 aliphatic rings. The van der Waals surface area contributed by atoms with Crippen molar-refractivity contribution in [2.75, 3.05) is 26.9 Å². The van der Waals surface area contributed by atoms with Crippen molar-refractivity contribution in [3.05, 3.63) is 77.8 Å². The van der Waals surface area contributed by atoms with Crippen molar-refractivity contribution < 1.29 is 22.7 Å². The molecule has 0 radical (unpaired) electrons. The van der Waals surface area contributed by atoms with Crippen LogP contribution < -0.4 is 5.73 Å². The molecular formula is C28H35F3N4O2. The second-order valence-electron chi connectivity index (χ2n) is 10.2. The molecule has 0 bridgehead atoms. The van der Waals surface area contributed by atoms with Crippen LogP contribution in [-0.4, -0.2) is 53.3 Å². The molecule has 0 aliphatic heterocycles. The minimum Gasteiger partial charge on any atom is -0.375 e. The van der Waals surface area contributed by atoms with E-state index < -0.39 is 35.8 Å². The third-order valence-corrected chi connectivity index (χ3v) is 6.13. The summed E-state index contributed by atoms with van der Waals surface area (Å²) in [5.74, 6) is -0.906. The summed E-state index contributed by atoms with van der Waals surface area (Å²) in [7, 11) is 1.43. The molecule has 0 fully saturated rings. The van der Waals surface area contributed by atoms with Crippen molar-refractivity contribution in [1.29, 1.82) is 0 Å². The molecule has 0 aliphatic carbocycles. The quantitative estimate of drug-likeness (QED) is 0.384. The monoisotopic (exact) mass is 516 g/mol. The van der Waals surface area contributed by atoms with Crippen LogP contribution in [0, 0.1) is 17.0 Å². The van der Waals surface area contributed by atoms with Gasteiger partial charge in [-0.2, -0.15) is 0 Å². The highest BCUT2D eigenvalue weighted by Gasteiger charge is 2.38. The number of benzene rings is 2. The Bertz CT molecular complexity index is 1180. The summed E-state index contributed by atoms with van der Waals surface area (Å²) >= 11 is 0. The molecule has 200 valence electrons. The Morgan fingerprint density at radius 1 is 1.16 bits per heavy atom. The first-order valence-corrected chi connectivity index (χ1v) is 12.2. The van der Waals surface area contributed by atoms with Gasteiger partial charge in [-0.25, -0.2) is 18.2 Å². The number of rotatable bonds is 11. The Labute approximate surface area is 216 Å². The van der Waals surface area contributed by atoms with Crippen LogP contribution in [0.5, 0.6) is 0 Å². The van der Waals surface area contributed by atoms with Crippen LogP contribution in [0.15, 0.2) is 54.7 Å². The van der Waals surface area contributed by atoms with Gasteiger partial charge in [-0.05, 0) is 30.0 Å². The fourth-order valence-electron chi connectivity index (χ4n) is 4.35. The third kappa shape index (κ3) is 7.20. The van der Waals surface area contributed by atoms with Crippen molar-refractivity contribution in [2.45, 2.75) is 45.8 Å². The van der Waals surface area contributed by atoms with Crippen LogP contribution in [0.1, 0.15) is 44.6 Å². The number of ether oxygens (including phenoxy) is 1. The van der Waals surface area contributed by atoms with E-state index in [0.29, 0.717) is 11.5 Å². The number of amides is 1. The first kappa shape index (κ1) is 28.4. The normalized spacial score (nSPS) is 13.4. The molecule has 9 heteroatoms. The van der Waals surface area contributed by atoms with E-state index in [1.165, 1.54) is 7.11 Å². The molecule has 0 saturated heterocycles. The SMILES string of the molecule is COCC(=O)N(CC[C@H](N)CF)[C@@H](c1nc(-c2ccccc2)cn1Cc1cc(F)ccc1F)C(C)(C)C. The topological polar surface area (TPSA) is 73.4 Å². The van der Waals surface area contributed by atoms with Gasteiger partial charge < -0.3 is 19.9 Å². The van der Waals surface area contributed by atoms with Crippen molar-refractivity contribution in [3.8, 4) is 11.3 Å². The zero-order chi connectivity index (χ0) is 27.2. The predicted octanol–water partition coefficient (Wildman–Crippen LogP) is 5.13. The van der Waals surface area contributed by atoms with Crippen LogP contribution in [0.3, 0.4) is 0 Å². The minimum absolute atomic E-state index is 0.00163. The predicted molar refractivity (Wildman–Crippen MR) is 137 cm³/mol. The molecule has 0 saturated carbocycles. The van der Waals surface area contributed by atoms with Gasteiger partial charge in [0, 0.05) is 37.0 Å². The Hall–Kier alpha value is -3.17. The zero-order valence-corrected chi connectivity index (χ0v) is 21.8. The molecule has 2 N–H and O–H groups in total. The first-order chi connectivity index (χ1) is 17.5. The first-order valence-electron chi connectivity index (χ1n) is 12.2. The summed E-state index contributed by atoms with van der Waals surface area (Å²) in [6, 6.07) is 11.5. The fraction of sp³-hybridized carbons (Fsp3) is 0.429. The van der Waals surface area contributed by atoms with Crippen LogP contribution in [0.4, 0.5) is 13.2 Å². The van der Waals surface area contributed by atoms with E-state index in [1.54, 1.807) is 15.7 Å². The third-order valence-electron chi connectivity index (χ3n) is 6.13. The summed E-state index contributed by atoms with van der Waals surface area (Å²) in [4.78, 5) is 19.8. The maximum atomic E-state index is 14.7. The van der Waals surface area contributed by atoms with Gasteiger partial charge >= 0.3 is 0 Å². The number of carbonyl (C=O) groups is 1. The molecule has 0 unspecified atom stereocenters. The van der Waals surface area contributed by atoms with E-state index in [-0.39, 0.29) is 37.6 Å². The van der Waals surface area contributed by atoms with Gasteiger partial charge in [0.25, 0.3) is 0 Å².